The summed E-state index contributed by atoms with van der Waals surface area (Å²) in [6.07, 6.45) is 1.06. The molecule has 0 aromatic heterocycles. The first-order valence-corrected chi connectivity index (χ1v) is 5.20. The second kappa shape index (κ2) is 2.74. The predicted octanol–water partition coefficient (Wildman–Crippen LogP) is 0.999. The van der Waals surface area contributed by atoms with Crippen LogP contribution in [0.2, 0.25) is 0 Å². The molecule has 2 aliphatic rings. The van der Waals surface area contributed by atoms with Gasteiger partial charge in [0.25, 0.3) is 0 Å². The zero-order chi connectivity index (χ0) is 9.80. The van der Waals surface area contributed by atoms with Gasteiger partial charge in [-0.25, -0.2) is 0 Å². The third-order valence-electron chi connectivity index (χ3n) is 4.32. The van der Waals surface area contributed by atoms with Crippen LogP contribution in [0.4, 0.5) is 0 Å². The fourth-order valence-electron chi connectivity index (χ4n) is 3.37. The lowest BCUT2D eigenvalue weighted by atomic mass is 9.82. The van der Waals surface area contributed by atoms with Gasteiger partial charge in [-0.2, -0.15) is 0 Å². The summed E-state index contributed by atoms with van der Waals surface area (Å²) >= 11 is 0. The number of likely N-dealkylation sites (tertiary alicyclic amines) is 1. The van der Waals surface area contributed by atoms with E-state index < -0.39 is 0 Å². The van der Waals surface area contributed by atoms with E-state index in [1.165, 1.54) is 0 Å². The topological polar surface area (TPSA) is 12.5 Å². The summed E-state index contributed by atoms with van der Waals surface area (Å²) in [7, 11) is 8.12. The number of hydrogen-bond donors (Lipinski definition) is 0. The molecule has 2 aliphatic heterocycles. The van der Waals surface area contributed by atoms with E-state index in [4.69, 9.17) is 12.6 Å². The fraction of sp³-hybridized carbons (Fsp3) is 1.00. The molecule has 13 heavy (non-hydrogen) atoms. The molecule has 1 unspecified atom stereocenters. The van der Waals surface area contributed by atoms with Crippen LogP contribution in [0.25, 0.3) is 0 Å². The molecule has 2 fully saturated rings. The highest BCUT2D eigenvalue weighted by atomic mass is 16.5. The number of fused-ring (bicyclic) bond motifs is 2. The number of morpholine rings is 1. The van der Waals surface area contributed by atoms with Gasteiger partial charge in [-0.1, -0.05) is 13.8 Å². The Kier molecular flexibility index (Phi) is 2.01. The van der Waals surface area contributed by atoms with Crippen LogP contribution < -0.4 is 0 Å². The Morgan fingerprint density at radius 3 is 2.46 bits per heavy atom. The van der Waals surface area contributed by atoms with Gasteiger partial charge in [-0.15, -0.1) is 0 Å². The van der Waals surface area contributed by atoms with Crippen molar-refractivity contribution in [2.24, 2.45) is 5.92 Å². The zero-order valence-electron chi connectivity index (χ0n) is 8.95. The lowest BCUT2D eigenvalue weighted by Crippen LogP contribution is -2.52. The van der Waals surface area contributed by atoms with Crippen LogP contribution in [0.5, 0.6) is 0 Å². The molecule has 72 valence electrons. The van der Waals surface area contributed by atoms with Crippen molar-refractivity contribution in [2.45, 2.75) is 50.9 Å². The molecule has 3 heteroatoms. The highest BCUT2D eigenvalue weighted by Gasteiger charge is 2.61. The lowest BCUT2D eigenvalue weighted by molar-refractivity contribution is -0.0978. The average molecular weight is 179 g/mol. The third-order valence-corrected chi connectivity index (χ3v) is 4.32. The van der Waals surface area contributed by atoms with Crippen LogP contribution in [0, 0.1) is 5.92 Å². The van der Waals surface area contributed by atoms with Crippen molar-refractivity contribution in [1.29, 1.82) is 0 Å². The van der Waals surface area contributed by atoms with Crippen LogP contribution in [0.15, 0.2) is 0 Å². The number of hydrogen-bond acceptors (Lipinski definition) is 2. The van der Waals surface area contributed by atoms with Crippen LogP contribution in [0.3, 0.4) is 0 Å². The summed E-state index contributed by atoms with van der Waals surface area (Å²) in [5.74, 6) is 0.562. The summed E-state index contributed by atoms with van der Waals surface area (Å²) in [6, 6.07) is 0.823. The summed E-state index contributed by atoms with van der Waals surface area (Å²) in [5.41, 5.74) is 0.0127. The Balaban J connectivity index is 2.36. The Morgan fingerprint density at radius 2 is 2.08 bits per heavy atom. The van der Waals surface area contributed by atoms with Gasteiger partial charge in [0.05, 0.1) is 5.60 Å². The van der Waals surface area contributed by atoms with Crippen LogP contribution in [-0.2, 0) is 4.74 Å². The highest BCUT2D eigenvalue weighted by Crippen LogP contribution is 2.50. The van der Waals surface area contributed by atoms with Crippen molar-refractivity contribution < 1.29 is 4.74 Å². The van der Waals surface area contributed by atoms with Crippen molar-refractivity contribution in [1.82, 2.24) is 4.90 Å². The molecule has 5 atom stereocenters. The normalized spacial score (nSPS) is 56.0. The molecule has 0 aromatic rings. The van der Waals surface area contributed by atoms with E-state index in [2.05, 4.69) is 32.7 Å². The van der Waals surface area contributed by atoms with Gasteiger partial charge in [0.1, 0.15) is 7.85 Å². The molecule has 0 saturated carbocycles. The Morgan fingerprint density at radius 1 is 1.46 bits per heavy atom. The van der Waals surface area contributed by atoms with Crippen LogP contribution >= 0.6 is 0 Å². The Bertz CT molecular complexity index is 223. The molecule has 0 N–H and O–H groups in total. The largest absolute Gasteiger partial charge is 0.378 e. The minimum absolute atomic E-state index is 0.0127. The minimum atomic E-state index is -0.0869. The molecule has 2 heterocycles. The maximum atomic E-state index is 5.96. The molecule has 0 amide bonds. The highest BCUT2D eigenvalue weighted by molar-refractivity contribution is 6.12. The molecule has 2 saturated heterocycles. The second-order valence-electron chi connectivity index (χ2n) is 4.51. The van der Waals surface area contributed by atoms with E-state index >= 15 is 0 Å². The summed E-state index contributed by atoms with van der Waals surface area (Å²) in [4.78, 5) is 2.38. The minimum Gasteiger partial charge on any atom is -0.378 e. The first kappa shape index (κ1) is 9.54. The van der Waals surface area contributed by atoms with Crippen molar-refractivity contribution in [3.63, 3.8) is 0 Å². The number of rotatable bonds is 1. The predicted molar refractivity (Wildman–Crippen MR) is 53.8 cm³/mol. The maximum Gasteiger partial charge on any atom is 0.111 e. The molecule has 0 aromatic carbocycles. The van der Waals surface area contributed by atoms with Gasteiger partial charge < -0.3 is 4.74 Å². The second-order valence-corrected chi connectivity index (χ2v) is 4.51. The van der Waals surface area contributed by atoms with Crippen LogP contribution in [-0.4, -0.2) is 43.5 Å². The number of likely N-dealkylation sites (N-methyl/N-ethyl adjacent to an activating group) is 1. The first-order chi connectivity index (χ1) is 6.04. The van der Waals surface area contributed by atoms with Gasteiger partial charge in [0, 0.05) is 24.0 Å². The molecular weight excluding hydrogens is 161 g/mol. The first-order valence-electron chi connectivity index (χ1n) is 5.20. The van der Waals surface area contributed by atoms with Gasteiger partial charge in [-0.3, -0.25) is 4.90 Å². The van der Waals surface area contributed by atoms with E-state index in [9.17, 15) is 0 Å². The quantitative estimate of drug-likeness (QED) is 0.556. The summed E-state index contributed by atoms with van der Waals surface area (Å²) < 4.78 is 5.93. The SMILES string of the molecule is [B][C@@H]1O[C@]2(CC)C(C)[C@@H]1N(C)[C@@H]2C. The Hall–Kier alpha value is -0.0151. The van der Waals surface area contributed by atoms with E-state index in [1.54, 1.807) is 0 Å². The molecule has 2 nitrogen and oxygen atoms in total. The zero-order valence-corrected chi connectivity index (χ0v) is 8.95. The fourth-order valence-corrected chi connectivity index (χ4v) is 3.37. The maximum absolute atomic E-state index is 5.96. The monoisotopic (exact) mass is 179 g/mol. The van der Waals surface area contributed by atoms with Crippen molar-refractivity contribution >= 4 is 7.85 Å². The molecular formula is C10H18BNO. The van der Waals surface area contributed by atoms with Crippen molar-refractivity contribution in [3.8, 4) is 0 Å². The number of nitrogens with zero attached hydrogens (tertiary/aromatic N) is 1. The van der Waals surface area contributed by atoms with E-state index in [0.29, 0.717) is 18.0 Å². The molecule has 2 rings (SSSR count). The van der Waals surface area contributed by atoms with Gasteiger partial charge in [0.15, 0.2) is 0 Å². The van der Waals surface area contributed by atoms with Crippen LogP contribution in [0.1, 0.15) is 27.2 Å². The third kappa shape index (κ3) is 0.923. The van der Waals surface area contributed by atoms with Gasteiger partial charge in [0.2, 0.25) is 0 Å². The standard InChI is InChI=1S/C10H18BNO/c1-5-10-6(2)8(9(11)13-10)12(4)7(10)3/h6-9H,5H2,1-4H3/t6?,7-,8+,9-,10-/m1/s1. The van der Waals surface area contributed by atoms with Gasteiger partial charge in [-0.05, 0) is 20.4 Å². The lowest BCUT2D eigenvalue weighted by Gasteiger charge is -2.40. The average Bonchev–Trinajstić information content (AvgIpc) is 2.44. The van der Waals surface area contributed by atoms with Crippen molar-refractivity contribution in [3.05, 3.63) is 0 Å². The molecule has 0 aliphatic carbocycles. The van der Waals surface area contributed by atoms with Crippen molar-refractivity contribution in [2.75, 3.05) is 7.05 Å². The Labute approximate surface area is 82.0 Å². The molecule has 2 radical (unpaired) electrons. The molecule has 0 spiro atoms. The molecule has 2 bridgehead atoms. The number of ether oxygens (including phenoxy) is 1. The van der Waals surface area contributed by atoms with Gasteiger partial charge >= 0.3 is 0 Å². The summed E-state index contributed by atoms with van der Waals surface area (Å²) in [6.45, 7) is 6.70. The van der Waals surface area contributed by atoms with E-state index in [0.717, 1.165) is 6.42 Å². The smallest absolute Gasteiger partial charge is 0.111 e. The summed E-state index contributed by atoms with van der Waals surface area (Å²) in [5, 5.41) is 0. The van der Waals surface area contributed by atoms with E-state index in [1.807, 2.05) is 0 Å². The van der Waals surface area contributed by atoms with E-state index in [-0.39, 0.29) is 11.6 Å².